The Morgan fingerprint density at radius 2 is 0.760 bits per heavy atom. The second kappa shape index (κ2) is 23.8. The SMILES string of the molecule is CCCOCCCCOCCCNCCCOCCCCOCCC. The maximum Gasteiger partial charge on any atom is 0.0478 e. The highest BCUT2D eigenvalue weighted by Gasteiger charge is 1.94. The van der Waals surface area contributed by atoms with Crippen molar-refractivity contribution in [3.8, 4) is 0 Å². The standard InChI is InChI=1S/C20H43NO4/c1-3-13-22-15-5-7-17-24-19-9-11-21-12-10-20-25-18-8-6-16-23-14-4-2/h21H,3-20H2,1-2H3. The van der Waals surface area contributed by atoms with Crippen LogP contribution in [-0.2, 0) is 18.9 Å². The molecule has 0 amide bonds. The quantitative estimate of drug-likeness (QED) is 0.297. The van der Waals surface area contributed by atoms with Crippen LogP contribution in [-0.4, -0.2) is 65.9 Å². The first kappa shape index (κ1) is 24.8. The van der Waals surface area contributed by atoms with Gasteiger partial charge in [-0.1, -0.05) is 13.8 Å². The Labute approximate surface area is 156 Å². The molecule has 5 heteroatoms. The first-order valence-corrected chi connectivity index (χ1v) is 10.4. The lowest BCUT2D eigenvalue weighted by Crippen LogP contribution is -2.19. The van der Waals surface area contributed by atoms with E-state index in [0.717, 1.165) is 117 Å². The number of hydrogen-bond donors (Lipinski definition) is 1. The van der Waals surface area contributed by atoms with E-state index in [2.05, 4.69) is 19.2 Å². The van der Waals surface area contributed by atoms with E-state index in [-0.39, 0.29) is 0 Å². The van der Waals surface area contributed by atoms with Gasteiger partial charge >= 0.3 is 0 Å². The number of ether oxygens (including phenoxy) is 4. The van der Waals surface area contributed by atoms with Gasteiger partial charge in [-0.15, -0.1) is 0 Å². The summed E-state index contributed by atoms with van der Waals surface area (Å²) >= 11 is 0. The molecule has 0 heterocycles. The van der Waals surface area contributed by atoms with E-state index in [1.54, 1.807) is 0 Å². The number of unbranched alkanes of at least 4 members (excludes halogenated alkanes) is 2. The van der Waals surface area contributed by atoms with Crippen molar-refractivity contribution in [2.24, 2.45) is 0 Å². The molecule has 0 aliphatic rings. The van der Waals surface area contributed by atoms with E-state index in [9.17, 15) is 0 Å². The lowest BCUT2D eigenvalue weighted by Gasteiger charge is -2.07. The molecule has 0 bridgehead atoms. The molecular weight excluding hydrogens is 318 g/mol. The summed E-state index contributed by atoms with van der Waals surface area (Å²) in [6.45, 7) is 13.2. The van der Waals surface area contributed by atoms with Crippen LogP contribution in [0.1, 0.15) is 65.2 Å². The smallest absolute Gasteiger partial charge is 0.0478 e. The third kappa shape index (κ3) is 23.8. The van der Waals surface area contributed by atoms with E-state index in [0.29, 0.717) is 0 Å². The van der Waals surface area contributed by atoms with E-state index < -0.39 is 0 Å². The summed E-state index contributed by atoms with van der Waals surface area (Å²) < 4.78 is 22.1. The summed E-state index contributed by atoms with van der Waals surface area (Å²) in [4.78, 5) is 0. The van der Waals surface area contributed by atoms with E-state index in [1.807, 2.05) is 0 Å². The lowest BCUT2D eigenvalue weighted by atomic mass is 10.3. The summed E-state index contributed by atoms with van der Waals surface area (Å²) in [5, 5.41) is 3.44. The van der Waals surface area contributed by atoms with Crippen LogP contribution in [0.3, 0.4) is 0 Å². The molecule has 0 unspecified atom stereocenters. The minimum atomic E-state index is 0.847. The highest BCUT2D eigenvalue weighted by molar-refractivity contribution is 4.48. The van der Waals surface area contributed by atoms with Crippen molar-refractivity contribution in [1.82, 2.24) is 5.32 Å². The zero-order valence-corrected chi connectivity index (χ0v) is 16.9. The molecule has 25 heavy (non-hydrogen) atoms. The zero-order valence-electron chi connectivity index (χ0n) is 16.9. The van der Waals surface area contributed by atoms with Crippen molar-refractivity contribution in [1.29, 1.82) is 0 Å². The second-order valence-electron chi connectivity index (χ2n) is 6.32. The highest BCUT2D eigenvalue weighted by atomic mass is 16.5. The maximum absolute atomic E-state index is 5.62. The fraction of sp³-hybridized carbons (Fsp3) is 1.00. The van der Waals surface area contributed by atoms with Gasteiger partial charge in [-0.25, -0.2) is 0 Å². The van der Waals surface area contributed by atoms with Gasteiger partial charge in [0.15, 0.2) is 0 Å². The molecule has 0 atom stereocenters. The van der Waals surface area contributed by atoms with Gasteiger partial charge in [0, 0.05) is 52.9 Å². The van der Waals surface area contributed by atoms with E-state index in [1.165, 1.54) is 0 Å². The molecule has 0 saturated heterocycles. The zero-order chi connectivity index (χ0) is 18.3. The molecule has 0 aromatic rings. The van der Waals surface area contributed by atoms with E-state index >= 15 is 0 Å². The van der Waals surface area contributed by atoms with Crippen LogP contribution in [0.4, 0.5) is 0 Å². The minimum Gasteiger partial charge on any atom is -0.381 e. The number of nitrogens with one attached hydrogen (secondary N) is 1. The van der Waals surface area contributed by atoms with Gasteiger partial charge in [-0.05, 0) is 64.5 Å². The van der Waals surface area contributed by atoms with Crippen molar-refractivity contribution in [3.63, 3.8) is 0 Å². The monoisotopic (exact) mass is 361 g/mol. The topological polar surface area (TPSA) is 49.0 Å². The molecule has 0 aromatic heterocycles. The normalized spacial score (nSPS) is 11.3. The summed E-state index contributed by atoms with van der Waals surface area (Å²) in [5.41, 5.74) is 0. The first-order chi connectivity index (χ1) is 12.4. The van der Waals surface area contributed by atoms with Gasteiger partial charge in [0.05, 0.1) is 0 Å². The minimum absolute atomic E-state index is 0.847. The largest absolute Gasteiger partial charge is 0.381 e. The Balaban J connectivity index is 2.94. The Morgan fingerprint density at radius 1 is 0.440 bits per heavy atom. The summed E-state index contributed by atoms with van der Waals surface area (Å²) in [7, 11) is 0. The van der Waals surface area contributed by atoms with Gasteiger partial charge in [-0.3, -0.25) is 0 Å². The van der Waals surface area contributed by atoms with Crippen molar-refractivity contribution < 1.29 is 18.9 Å². The fourth-order valence-corrected chi connectivity index (χ4v) is 2.24. The predicted octanol–water partition coefficient (Wildman–Crippen LogP) is 3.80. The second-order valence-corrected chi connectivity index (χ2v) is 6.32. The van der Waals surface area contributed by atoms with Gasteiger partial charge in [-0.2, -0.15) is 0 Å². The average molecular weight is 362 g/mol. The van der Waals surface area contributed by atoms with Crippen LogP contribution in [0.2, 0.25) is 0 Å². The molecule has 0 fully saturated rings. The molecule has 0 aliphatic carbocycles. The number of rotatable bonds is 22. The van der Waals surface area contributed by atoms with Crippen molar-refractivity contribution in [2.45, 2.75) is 65.2 Å². The summed E-state index contributed by atoms with van der Waals surface area (Å²) in [6, 6.07) is 0. The molecule has 0 rings (SSSR count). The van der Waals surface area contributed by atoms with Crippen LogP contribution < -0.4 is 5.32 Å². The van der Waals surface area contributed by atoms with Gasteiger partial charge in [0.1, 0.15) is 0 Å². The van der Waals surface area contributed by atoms with E-state index in [4.69, 9.17) is 18.9 Å². The van der Waals surface area contributed by atoms with Crippen molar-refractivity contribution in [3.05, 3.63) is 0 Å². The Hall–Kier alpha value is -0.200. The fourth-order valence-electron chi connectivity index (χ4n) is 2.24. The third-order valence-electron chi connectivity index (χ3n) is 3.64. The first-order valence-electron chi connectivity index (χ1n) is 10.4. The average Bonchev–Trinajstić information content (AvgIpc) is 2.63. The van der Waals surface area contributed by atoms with Crippen molar-refractivity contribution in [2.75, 3.05) is 65.9 Å². The van der Waals surface area contributed by atoms with Crippen LogP contribution in [0.25, 0.3) is 0 Å². The molecular formula is C20H43NO4. The van der Waals surface area contributed by atoms with Gasteiger partial charge < -0.3 is 24.3 Å². The molecule has 152 valence electrons. The Bertz CT molecular complexity index is 208. The van der Waals surface area contributed by atoms with Gasteiger partial charge in [0.2, 0.25) is 0 Å². The van der Waals surface area contributed by atoms with Crippen LogP contribution in [0.5, 0.6) is 0 Å². The maximum atomic E-state index is 5.62. The summed E-state index contributed by atoms with van der Waals surface area (Å²) in [6.07, 6.45) is 8.75. The Morgan fingerprint density at radius 3 is 1.12 bits per heavy atom. The lowest BCUT2D eigenvalue weighted by molar-refractivity contribution is 0.0999. The Kier molecular flexibility index (Phi) is 23.6. The summed E-state index contributed by atoms with van der Waals surface area (Å²) in [5.74, 6) is 0. The molecule has 0 aromatic carbocycles. The van der Waals surface area contributed by atoms with Crippen LogP contribution in [0, 0.1) is 0 Å². The molecule has 0 spiro atoms. The van der Waals surface area contributed by atoms with Gasteiger partial charge in [0.25, 0.3) is 0 Å². The van der Waals surface area contributed by atoms with Crippen LogP contribution >= 0.6 is 0 Å². The molecule has 0 aliphatic heterocycles. The number of hydrogen-bond acceptors (Lipinski definition) is 5. The molecule has 5 nitrogen and oxygen atoms in total. The highest BCUT2D eigenvalue weighted by Crippen LogP contribution is 1.94. The molecule has 1 N–H and O–H groups in total. The van der Waals surface area contributed by atoms with Crippen LogP contribution in [0.15, 0.2) is 0 Å². The molecule has 0 radical (unpaired) electrons. The molecule has 0 saturated carbocycles. The predicted molar refractivity (Wildman–Crippen MR) is 104 cm³/mol. The van der Waals surface area contributed by atoms with Crippen molar-refractivity contribution >= 4 is 0 Å². The third-order valence-corrected chi connectivity index (χ3v) is 3.64.